The number of esters is 1. The maximum Gasteiger partial charge on any atom is 0.307 e. The molecule has 0 spiro atoms. The van der Waals surface area contributed by atoms with Crippen LogP contribution in [0.2, 0.25) is 0 Å². The van der Waals surface area contributed by atoms with E-state index in [1.165, 1.54) is 4.90 Å². The number of hydrogen-bond donors (Lipinski definition) is 1. The molecular formula is C48H62N4O10S. The molecule has 2 aliphatic heterocycles. The molecule has 15 heteroatoms. The summed E-state index contributed by atoms with van der Waals surface area (Å²) >= 11 is 0. The van der Waals surface area contributed by atoms with Crippen molar-refractivity contribution in [2.75, 3.05) is 13.7 Å². The Morgan fingerprint density at radius 3 is 2.46 bits per heavy atom. The van der Waals surface area contributed by atoms with E-state index in [1.807, 2.05) is 57.2 Å². The molecule has 0 radical (unpaired) electrons. The number of ether oxygens (including phenoxy) is 4. The number of carbonyl (C=O) groups is 4. The number of benzene rings is 1. The fraction of sp³-hybridized carbons (Fsp3) is 0.583. The maximum atomic E-state index is 15.1. The first-order valence-corrected chi connectivity index (χ1v) is 23.9. The average molecular weight is 887 g/mol. The van der Waals surface area contributed by atoms with Gasteiger partial charge in [0.15, 0.2) is 5.78 Å². The van der Waals surface area contributed by atoms with Crippen molar-refractivity contribution in [3.05, 3.63) is 54.7 Å². The lowest BCUT2D eigenvalue weighted by molar-refractivity contribution is -0.160. The zero-order valence-corrected chi connectivity index (χ0v) is 38.5. The van der Waals surface area contributed by atoms with Gasteiger partial charge in [-0.3, -0.25) is 23.9 Å². The van der Waals surface area contributed by atoms with Gasteiger partial charge in [0.05, 0.1) is 54.5 Å². The van der Waals surface area contributed by atoms with E-state index in [2.05, 4.69) is 16.6 Å². The van der Waals surface area contributed by atoms with Gasteiger partial charge in [-0.1, -0.05) is 26.0 Å². The smallest absolute Gasteiger partial charge is 0.307 e. The minimum absolute atomic E-state index is 0.00721. The summed E-state index contributed by atoms with van der Waals surface area (Å²) in [5, 5.41) is 0.840. The predicted molar refractivity (Wildman–Crippen MR) is 237 cm³/mol. The first-order chi connectivity index (χ1) is 29.7. The number of ketones is 1. The van der Waals surface area contributed by atoms with E-state index in [9.17, 15) is 22.8 Å². The van der Waals surface area contributed by atoms with Gasteiger partial charge in [-0.2, -0.15) is 0 Å². The van der Waals surface area contributed by atoms with Crippen LogP contribution in [0, 0.1) is 29.1 Å². The molecule has 7 atom stereocenters. The highest BCUT2D eigenvalue weighted by molar-refractivity contribution is 7.90. The number of amides is 2. The molecule has 2 aliphatic carbocycles. The summed E-state index contributed by atoms with van der Waals surface area (Å²) < 4.78 is 52.2. The Kier molecular flexibility index (Phi) is 13.3. The molecule has 7 rings (SSSR count). The number of nitrogens with one attached hydrogen (secondary N) is 1. The van der Waals surface area contributed by atoms with E-state index >= 15 is 4.79 Å². The van der Waals surface area contributed by atoms with Crippen LogP contribution in [-0.4, -0.2) is 89.6 Å². The number of aromatic nitrogens is 2. The van der Waals surface area contributed by atoms with Crippen LogP contribution in [-0.2, 0) is 33.9 Å². The first-order valence-electron chi connectivity index (χ1n) is 22.3. The number of pyridine rings is 2. The number of nitrogens with zero attached hydrogens (tertiary/aromatic N) is 3. The third-order valence-corrected chi connectivity index (χ3v) is 14.5. The summed E-state index contributed by atoms with van der Waals surface area (Å²) in [6, 6.07) is 10.1. The van der Waals surface area contributed by atoms with Crippen LogP contribution in [0.3, 0.4) is 0 Å². The Hall–Kier alpha value is -5.05. The quantitative estimate of drug-likeness (QED) is 0.149. The van der Waals surface area contributed by atoms with Crippen LogP contribution in [0.1, 0.15) is 106 Å². The minimum Gasteiger partial charge on any atom is -0.497 e. The van der Waals surface area contributed by atoms with Crippen LogP contribution in [0.15, 0.2) is 54.7 Å². The van der Waals surface area contributed by atoms with Gasteiger partial charge >= 0.3 is 5.97 Å². The van der Waals surface area contributed by atoms with Gasteiger partial charge < -0.3 is 23.8 Å². The number of sulfonamides is 1. The summed E-state index contributed by atoms with van der Waals surface area (Å²) in [7, 11) is -2.30. The summed E-state index contributed by atoms with van der Waals surface area (Å²) in [5.74, 6) is -1.76. The van der Waals surface area contributed by atoms with E-state index in [-0.39, 0.29) is 67.2 Å². The fourth-order valence-corrected chi connectivity index (χ4v) is 10.5. The Balaban J connectivity index is 1.25. The van der Waals surface area contributed by atoms with E-state index in [0.717, 1.165) is 11.8 Å². The van der Waals surface area contributed by atoms with Gasteiger partial charge in [-0.05, 0) is 127 Å². The van der Waals surface area contributed by atoms with Crippen LogP contribution < -0.4 is 18.9 Å². The second-order valence-electron chi connectivity index (χ2n) is 19.4. The predicted octanol–water partition coefficient (Wildman–Crippen LogP) is 7.38. The number of fused-ring (bicyclic) bond motifs is 3. The molecule has 14 nitrogen and oxygen atoms in total. The molecule has 4 aliphatic rings. The Labute approximate surface area is 370 Å². The van der Waals surface area contributed by atoms with Crippen LogP contribution in [0.4, 0.5) is 0 Å². The summed E-state index contributed by atoms with van der Waals surface area (Å²) in [4.78, 5) is 68.4. The van der Waals surface area contributed by atoms with Gasteiger partial charge in [0.25, 0.3) is 0 Å². The van der Waals surface area contributed by atoms with Crippen molar-refractivity contribution in [3.8, 4) is 28.8 Å². The SMILES string of the molecule is COc1ccc2c(O[C@@H]3C[C@H]4C(=O)C[C@]5(C(=O)NS(=O)(=O)C6CC6)C[C@H]5/C=C\CC[C@H](C)C[C@@H](C)[C@H](CC(=O)OC(C)(C)C)C(=O)N4C3)nc(-c3ccc(OC(C)C)nc3)cc2c1. The largest absolute Gasteiger partial charge is 0.497 e. The zero-order valence-electron chi connectivity index (χ0n) is 37.7. The third kappa shape index (κ3) is 10.8. The lowest BCUT2D eigenvalue weighted by atomic mass is 9.82. The summed E-state index contributed by atoms with van der Waals surface area (Å²) in [6.07, 6.45) is 7.93. The minimum atomic E-state index is -3.89. The highest BCUT2D eigenvalue weighted by Gasteiger charge is 2.61. The molecule has 2 saturated carbocycles. The topological polar surface area (TPSA) is 180 Å². The van der Waals surface area contributed by atoms with E-state index in [0.29, 0.717) is 60.4 Å². The normalized spacial score (nSPS) is 27.4. The molecule has 0 unspecified atom stereocenters. The van der Waals surface area contributed by atoms with Gasteiger partial charge in [0.1, 0.15) is 17.5 Å². The number of carbonyl (C=O) groups excluding carboxylic acids is 4. The van der Waals surface area contributed by atoms with E-state index in [4.69, 9.17) is 23.9 Å². The van der Waals surface area contributed by atoms with E-state index in [1.54, 1.807) is 46.2 Å². The number of allylic oxidation sites excluding steroid dienone is 2. The summed E-state index contributed by atoms with van der Waals surface area (Å²) in [6.45, 7) is 13.3. The number of methoxy groups -OCH3 is 1. The van der Waals surface area contributed by atoms with Gasteiger partial charge in [-0.25, -0.2) is 18.4 Å². The molecule has 2 amide bonds. The Morgan fingerprint density at radius 1 is 1.03 bits per heavy atom. The maximum absolute atomic E-state index is 15.1. The highest BCUT2D eigenvalue weighted by Crippen LogP contribution is 2.57. The molecule has 4 heterocycles. The molecule has 1 N–H and O–H groups in total. The zero-order chi connectivity index (χ0) is 45.4. The highest BCUT2D eigenvalue weighted by atomic mass is 32.2. The van der Waals surface area contributed by atoms with Crippen molar-refractivity contribution >= 4 is 44.4 Å². The van der Waals surface area contributed by atoms with Gasteiger partial charge in [0, 0.05) is 36.1 Å². The lowest BCUT2D eigenvalue weighted by Gasteiger charge is -2.32. The Bertz CT molecular complexity index is 2360. The van der Waals surface area contributed by atoms with Crippen molar-refractivity contribution in [3.63, 3.8) is 0 Å². The molecule has 2 aromatic heterocycles. The van der Waals surface area contributed by atoms with Gasteiger partial charge in [0.2, 0.25) is 33.6 Å². The molecular weight excluding hydrogens is 825 g/mol. The number of Topliss-reactive ketones (excluding diaryl/α,β-unsaturated/α-hetero) is 1. The first kappa shape index (κ1) is 46.0. The molecule has 1 saturated heterocycles. The monoisotopic (exact) mass is 886 g/mol. The third-order valence-electron chi connectivity index (χ3n) is 12.6. The molecule has 1 aromatic carbocycles. The van der Waals surface area contributed by atoms with Crippen LogP contribution in [0.5, 0.6) is 17.5 Å². The molecule has 63 heavy (non-hydrogen) atoms. The van der Waals surface area contributed by atoms with Crippen molar-refractivity contribution in [2.45, 2.75) is 135 Å². The second kappa shape index (κ2) is 18.2. The van der Waals surface area contributed by atoms with Crippen molar-refractivity contribution < 1.29 is 46.5 Å². The van der Waals surface area contributed by atoms with Gasteiger partial charge in [-0.15, -0.1) is 0 Å². The van der Waals surface area contributed by atoms with Crippen molar-refractivity contribution in [1.29, 1.82) is 0 Å². The second-order valence-corrected chi connectivity index (χ2v) is 21.4. The standard InChI is InChI=1S/C48H62N4O10S/c1-28(2)60-42-18-13-31(26-49-42)39-21-32-20-34(59-8)14-17-37(32)44(50-39)61-35-22-40-41(53)25-48(46(56)51-63(57,58)36-15-16-36)24-33(48)12-10-9-11-29(3)19-30(4)38(45(55)52(40)27-35)23-43(54)62-47(5,6)7/h10,12-14,17-18,20-21,26,28-30,33,35-36,38,40H,9,11,15-16,19,22-25,27H2,1-8H3,(H,51,56)/b12-10-/t29-,30+,33+,35+,38-,40-,48+/m0/s1. The molecule has 3 fully saturated rings. The van der Waals surface area contributed by atoms with Crippen molar-refractivity contribution in [2.24, 2.45) is 29.1 Å². The number of rotatable bonds is 11. The Morgan fingerprint density at radius 2 is 1.79 bits per heavy atom. The fourth-order valence-electron chi connectivity index (χ4n) is 9.12. The number of hydrogen-bond acceptors (Lipinski definition) is 12. The molecule has 3 aromatic rings. The summed E-state index contributed by atoms with van der Waals surface area (Å²) in [5.41, 5.74) is -0.784. The molecule has 340 valence electrons. The van der Waals surface area contributed by atoms with Crippen molar-refractivity contribution in [1.82, 2.24) is 19.6 Å². The lowest BCUT2D eigenvalue weighted by Crippen LogP contribution is -2.47. The van der Waals surface area contributed by atoms with Crippen LogP contribution in [0.25, 0.3) is 22.0 Å². The van der Waals surface area contributed by atoms with Crippen LogP contribution >= 0.6 is 0 Å². The molecule has 0 bridgehead atoms. The average Bonchev–Trinajstić information content (AvgIpc) is 4.14. The van der Waals surface area contributed by atoms with E-state index < -0.39 is 56.2 Å².